The predicted molar refractivity (Wildman–Crippen MR) is 83.7 cm³/mol. The molecule has 0 saturated carbocycles. The third kappa shape index (κ3) is 2.71. The molecule has 0 aliphatic rings. The maximum atomic E-state index is 4.40. The summed E-state index contributed by atoms with van der Waals surface area (Å²) in [4.78, 5) is 8.54. The summed E-state index contributed by atoms with van der Waals surface area (Å²) in [5.74, 6) is 0. The topological polar surface area (TPSA) is 37.8 Å². The summed E-state index contributed by atoms with van der Waals surface area (Å²) in [6.45, 7) is 5.15. The van der Waals surface area contributed by atoms with Gasteiger partial charge in [0.2, 0.25) is 0 Å². The van der Waals surface area contributed by atoms with Gasteiger partial charge in [0, 0.05) is 35.9 Å². The molecule has 0 aliphatic carbocycles. The van der Waals surface area contributed by atoms with Crippen LogP contribution in [0.25, 0.3) is 10.8 Å². The highest BCUT2D eigenvalue weighted by atomic mass is 32.1. The van der Waals surface area contributed by atoms with Gasteiger partial charge in [-0.3, -0.25) is 4.98 Å². The molecule has 2 aromatic heterocycles. The van der Waals surface area contributed by atoms with E-state index in [0.29, 0.717) is 0 Å². The van der Waals surface area contributed by atoms with Crippen LogP contribution in [0.2, 0.25) is 0 Å². The van der Waals surface area contributed by atoms with Crippen LogP contribution < -0.4 is 5.32 Å². The minimum absolute atomic E-state index is 0.110. The molecule has 3 aromatic rings. The number of benzene rings is 1. The molecule has 0 unspecified atom stereocenters. The Labute approximate surface area is 122 Å². The number of nitrogens with one attached hydrogen (secondary N) is 1. The van der Waals surface area contributed by atoms with Gasteiger partial charge in [-0.1, -0.05) is 12.1 Å². The van der Waals surface area contributed by atoms with Crippen LogP contribution in [0.1, 0.15) is 24.4 Å². The lowest BCUT2D eigenvalue weighted by atomic mass is 10.0. The van der Waals surface area contributed by atoms with Gasteiger partial charge in [-0.05, 0) is 36.9 Å². The minimum Gasteiger partial charge on any atom is -0.302 e. The van der Waals surface area contributed by atoms with Crippen molar-refractivity contribution in [2.75, 3.05) is 0 Å². The van der Waals surface area contributed by atoms with E-state index < -0.39 is 0 Å². The van der Waals surface area contributed by atoms with Crippen molar-refractivity contribution in [1.29, 1.82) is 0 Å². The molecule has 3 rings (SSSR count). The summed E-state index contributed by atoms with van der Waals surface area (Å²) in [6.07, 6.45) is 5.58. The number of pyridine rings is 1. The fraction of sp³-hybridized carbons (Fsp3) is 0.250. The number of thiazole rings is 1. The number of rotatable bonds is 4. The number of aromatic nitrogens is 2. The average molecular weight is 283 g/mol. The zero-order valence-electron chi connectivity index (χ0n) is 11.6. The fourth-order valence-electron chi connectivity index (χ4n) is 2.17. The zero-order valence-corrected chi connectivity index (χ0v) is 12.4. The van der Waals surface area contributed by atoms with Gasteiger partial charge in [0.15, 0.2) is 0 Å². The zero-order chi connectivity index (χ0) is 14.0. The number of fused-ring (bicyclic) bond motifs is 1. The summed E-state index contributed by atoms with van der Waals surface area (Å²) in [6, 6.07) is 8.53. The maximum Gasteiger partial charge on any atom is 0.112 e. The first kappa shape index (κ1) is 13.2. The molecular weight excluding hydrogens is 266 g/mol. The van der Waals surface area contributed by atoms with Crippen LogP contribution in [0.5, 0.6) is 0 Å². The molecule has 0 radical (unpaired) electrons. The van der Waals surface area contributed by atoms with E-state index in [1.807, 2.05) is 30.0 Å². The summed E-state index contributed by atoms with van der Waals surface area (Å²) >= 11 is 1.69. The van der Waals surface area contributed by atoms with Crippen LogP contribution in [-0.2, 0) is 12.1 Å². The summed E-state index contributed by atoms with van der Waals surface area (Å²) in [5.41, 5.74) is 1.16. The molecule has 0 spiro atoms. The van der Waals surface area contributed by atoms with Crippen molar-refractivity contribution in [3.8, 4) is 0 Å². The van der Waals surface area contributed by atoms with E-state index in [0.717, 1.165) is 11.6 Å². The van der Waals surface area contributed by atoms with Crippen molar-refractivity contribution in [3.63, 3.8) is 0 Å². The van der Waals surface area contributed by atoms with Gasteiger partial charge in [0.25, 0.3) is 0 Å². The quantitative estimate of drug-likeness (QED) is 0.793. The second-order valence-corrected chi connectivity index (χ2v) is 6.27. The van der Waals surface area contributed by atoms with Crippen molar-refractivity contribution in [2.24, 2.45) is 0 Å². The molecule has 0 aliphatic heterocycles. The van der Waals surface area contributed by atoms with Crippen molar-refractivity contribution in [1.82, 2.24) is 15.3 Å². The van der Waals surface area contributed by atoms with Crippen LogP contribution in [0.15, 0.2) is 48.2 Å². The lowest BCUT2D eigenvalue weighted by Gasteiger charge is -2.24. The molecule has 0 saturated heterocycles. The van der Waals surface area contributed by atoms with Gasteiger partial charge < -0.3 is 5.32 Å². The summed E-state index contributed by atoms with van der Waals surface area (Å²) < 4.78 is 0. The van der Waals surface area contributed by atoms with E-state index in [1.54, 1.807) is 11.3 Å². The van der Waals surface area contributed by atoms with Gasteiger partial charge in [-0.25, -0.2) is 4.98 Å². The first-order valence-electron chi connectivity index (χ1n) is 6.63. The van der Waals surface area contributed by atoms with E-state index in [9.17, 15) is 0 Å². The lowest BCUT2D eigenvalue weighted by molar-refractivity contribution is 0.399. The van der Waals surface area contributed by atoms with Crippen LogP contribution >= 0.6 is 11.3 Å². The Hall–Kier alpha value is -1.78. The van der Waals surface area contributed by atoms with Crippen LogP contribution in [-0.4, -0.2) is 9.97 Å². The number of hydrogen-bond acceptors (Lipinski definition) is 4. The fourth-order valence-corrected chi connectivity index (χ4v) is 2.91. The third-order valence-electron chi connectivity index (χ3n) is 3.41. The second-order valence-electron chi connectivity index (χ2n) is 5.37. The van der Waals surface area contributed by atoms with Crippen molar-refractivity contribution < 1.29 is 0 Å². The number of nitrogens with zero attached hydrogens (tertiary/aromatic N) is 2. The van der Waals surface area contributed by atoms with Crippen LogP contribution in [0, 0.1) is 0 Å². The van der Waals surface area contributed by atoms with E-state index in [-0.39, 0.29) is 5.54 Å². The molecule has 2 heterocycles. The first-order chi connectivity index (χ1) is 9.65. The van der Waals surface area contributed by atoms with Crippen molar-refractivity contribution in [3.05, 3.63) is 58.8 Å². The third-order valence-corrected chi connectivity index (χ3v) is 4.50. The van der Waals surface area contributed by atoms with Crippen LogP contribution in [0.3, 0.4) is 0 Å². The normalized spacial score (nSPS) is 11.9. The van der Waals surface area contributed by atoms with Gasteiger partial charge in [0.05, 0.1) is 5.54 Å². The molecule has 102 valence electrons. The van der Waals surface area contributed by atoms with Gasteiger partial charge >= 0.3 is 0 Å². The van der Waals surface area contributed by atoms with E-state index in [4.69, 9.17) is 0 Å². The van der Waals surface area contributed by atoms with Gasteiger partial charge in [0.1, 0.15) is 5.01 Å². The Morgan fingerprint density at radius 3 is 2.85 bits per heavy atom. The first-order valence-corrected chi connectivity index (χ1v) is 7.51. The van der Waals surface area contributed by atoms with E-state index >= 15 is 0 Å². The molecular formula is C16H17N3S. The molecule has 0 atom stereocenters. The van der Waals surface area contributed by atoms with E-state index in [1.165, 1.54) is 16.3 Å². The maximum absolute atomic E-state index is 4.40. The SMILES string of the molecule is CC(C)(NCc1ccc2cnccc2c1)c1nccs1. The van der Waals surface area contributed by atoms with Gasteiger partial charge in [-0.15, -0.1) is 11.3 Å². The van der Waals surface area contributed by atoms with Crippen molar-refractivity contribution in [2.45, 2.75) is 25.9 Å². The standard InChI is InChI=1S/C16H17N3S/c1-16(2,15-18-7-8-20-15)19-10-12-3-4-14-11-17-6-5-13(14)9-12/h3-9,11,19H,10H2,1-2H3. The average Bonchev–Trinajstić information content (AvgIpc) is 3.00. The second kappa shape index (κ2) is 5.31. The predicted octanol–water partition coefficient (Wildman–Crippen LogP) is 3.72. The molecule has 20 heavy (non-hydrogen) atoms. The van der Waals surface area contributed by atoms with Crippen molar-refractivity contribution >= 4 is 22.1 Å². The molecule has 1 aromatic carbocycles. The smallest absolute Gasteiger partial charge is 0.112 e. The summed E-state index contributed by atoms with van der Waals surface area (Å²) in [5, 5.41) is 9.11. The minimum atomic E-state index is -0.110. The molecule has 4 heteroatoms. The number of hydrogen-bond donors (Lipinski definition) is 1. The monoisotopic (exact) mass is 283 g/mol. The molecule has 0 fully saturated rings. The highest BCUT2D eigenvalue weighted by Crippen LogP contribution is 2.23. The Kier molecular flexibility index (Phi) is 3.51. The lowest BCUT2D eigenvalue weighted by Crippen LogP contribution is -2.35. The highest BCUT2D eigenvalue weighted by molar-refractivity contribution is 7.09. The molecule has 0 bridgehead atoms. The summed E-state index contributed by atoms with van der Waals surface area (Å²) in [7, 11) is 0. The Morgan fingerprint density at radius 1 is 1.15 bits per heavy atom. The Bertz CT molecular complexity index is 705. The van der Waals surface area contributed by atoms with Gasteiger partial charge in [-0.2, -0.15) is 0 Å². The molecule has 1 N–H and O–H groups in total. The molecule has 0 amide bonds. The van der Waals surface area contributed by atoms with E-state index in [2.05, 4.69) is 47.3 Å². The molecule has 3 nitrogen and oxygen atoms in total. The highest BCUT2D eigenvalue weighted by Gasteiger charge is 2.22. The van der Waals surface area contributed by atoms with Crippen LogP contribution in [0.4, 0.5) is 0 Å². The Morgan fingerprint density at radius 2 is 2.05 bits per heavy atom. The largest absolute Gasteiger partial charge is 0.302 e. The Balaban J connectivity index is 1.77.